The monoisotopic (exact) mass is 379 g/mol. The molecule has 0 saturated carbocycles. The molecule has 2 N–H and O–H groups in total. The van der Waals surface area contributed by atoms with E-state index in [1.54, 1.807) is 18.2 Å². The minimum atomic E-state index is -0.422. The van der Waals surface area contributed by atoms with Gasteiger partial charge in [-0.25, -0.2) is 4.98 Å². The fourth-order valence-corrected chi connectivity index (χ4v) is 3.33. The van der Waals surface area contributed by atoms with Gasteiger partial charge in [0.15, 0.2) is 0 Å². The Hall–Kier alpha value is -2.99. The largest absolute Gasteiger partial charge is 0.269 e. The number of nitrogens with zero attached hydrogens (tertiary/aromatic N) is 1. The highest BCUT2D eigenvalue weighted by Gasteiger charge is 2.14. The number of fused-ring (bicyclic) bond motifs is 1. The van der Waals surface area contributed by atoms with Crippen LogP contribution < -0.4 is 10.9 Å². The maximum Gasteiger partial charge on any atom is 0.269 e. The lowest BCUT2D eigenvalue weighted by atomic mass is 9.87. The third-order valence-electron chi connectivity index (χ3n) is 4.00. The van der Waals surface area contributed by atoms with Crippen molar-refractivity contribution in [3.63, 3.8) is 0 Å². The maximum absolute atomic E-state index is 12.1. The van der Waals surface area contributed by atoms with Crippen molar-refractivity contribution in [3.05, 3.63) is 70.7 Å². The minimum Gasteiger partial charge on any atom is -0.268 e. The van der Waals surface area contributed by atoms with E-state index in [1.165, 1.54) is 17.4 Å². The molecule has 0 unspecified atom stereocenters. The van der Waals surface area contributed by atoms with Gasteiger partial charge in [-0.2, -0.15) is 0 Å². The van der Waals surface area contributed by atoms with Gasteiger partial charge in [0.25, 0.3) is 11.8 Å². The summed E-state index contributed by atoms with van der Waals surface area (Å²) in [5, 5.41) is 0.732. The van der Waals surface area contributed by atoms with Gasteiger partial charge in [0.1, 0.15) is 5.01 Å². The fraction of sp³-hybridized carbons (Fsp3) is 0.190. The van der Waals surface area contributed by atoms with Gasteiger partial charge in [-0.05, 0) is 41.3 Å². The maximum atomic E-state index is 12.1. The highest BCUT2D eigenvalue weighted by molar-refractivity contribution is 7.19. The number of nitrogens with one attached hydrogen (secondary N) is 2. The summed E-state index contributed by atoms with van der Waals surface area (Å²) in [6.07, 6.45) is 2.98. The first kappa shape index (κ1) is 18.8. The number of para-hydroxylation sites is 1. The molecular weight excluding hydrogens is 358 g/mol. The predicted molar refractivity (Wildman–Crippen MR) is 109 cm³/mol. The number of thiazole rings is 1. The highest BCUT2D eigenvalue weighted by atomic mass is 32.1. The first-order valence-electron chi connectivity index (χ1n) is 8.57. The zero-order chi connectivity index (χ0) is 19.4. The molecule has 0 atom stereocenters. The van der Waals surface area contributed by atoms with Gasteiger partial charge >= 0.3 is 0 Å². The first-order chi connectivity index (χ1) is 12.8. The predicted octanol–water partition coefficient (Wildman–Crippen LogP) is 4.07. The molecule has 0 spiro atoms. The summed E-state index contributed by atoms with van der Waals surface area (Å²) >= 11 is 1.50. The van der Waals surface area contributed by atoms with Crippen molar-refractivity contribution in [2.75, 3.05) is 0 Å². The van der Waals surface area contributed by atoms with Crippen molar-refractivity contribution in [1.29, 1.82) is 0 Å². The van der Waals surface area contributed by atoms with Crippen LogP contribution in [-0.2, 0) is 10.2 Å². The second-order valence-electron chi connectivity index (χ2n) is 7.12. The number of amides is 2. The van der Waals surface area contributed by atoms with E-state index >= 15 is 0 Å². The van der Waals surface area contributed by atoms with Crippen molar-refractivity contribution >= 4 is 39.4 Å². The lowest BCUT2D eigenvalue weighted by Crippen LogP contribution is -2.40. The van der Waals surface area contributed by atoms with Gasteiger partial charge in [0.05, 0.1) is 10.2 Å². The molecule has 1 aromatic heterocycles. The summed E-state index contributed by atoms with van der Waals surface area (Å²) in [7, 11) is 0. The Morgan fingerprint density at radius 1 is 1.00 bits per heavy atom. The van der Waals surface area contributed by atoms with Gasteiger partial charge in [0.2, 0.25) is 0 Å². The Bertz CT molecular complexity index is 965. The quantitative estimate of drug-likeness (QED) is 0.532. The topological polar surface area (TPSA) is 71.1 Å². The van der Waals surface area contributed by atoms with Crippen LogP contribution in [-0.4, -0.2) is 16.8 Å². The minimum absolute atomic E-state index is 0.0225. The van der Waals surface area contributed by atoms with Crippen LogP contribution in [0.4, 0.5) is 0 Å². The lowest BCUT2D eigenvalue weighted by molar-refractivity contribution is -0.117. The van der Waals surface area contributed by atoms with E-state index < -0.39 is 5.91 Å². The second-order valence-corrected chi connectivity index (χ2v) is 8.19. The Balaban J connectivity index is 1.56. The van der Waals surface area contributed by atoms with Gasteiger partial charge in [0, 0.05) is 11.6 Å². The number of hydrogen-bond donors (Lipinski definition) is 2. The number of carbonyl (C=O) groups is 2. The molecule has 0 aliphatic heterocycles. The molecule has 6 heteroatoms. The van der Waals surface area contributed by atoms with Crippen LogP contribution in [0.1, 0.15) is 41.7 Å². The number of aromatic nitrogens is 1. The number of hydrazine groups is 1. The SMILES string of the molecule is CC(C)(C)c1ccc(C(=O)NNC(=O)C=Cc2nc3ccccc3s2)cc1. The Labute approximate surface area is 162 Å². The summed E-state index contributed by atoms with van der Waals surface area (Å²) in [6, 6.07) is 15.1. The summed E-state index contributed by atoms with van der Waals surface area (Å²) in [4.78, 5) is 28.5. The molecule has 0 bridgehead atoms. The molecular formula is C21H21N3O2S. The van der Waals surface area contributed by atoms with Crippen LogP contribution in [0.3, 0.4) is 0 Å². The number of benzene rings is 2. The van der Waals surface area contributed by atoms with Gasteiger partial charge < -0.3 is 0 Å². The number of carbonyl (C=O) groups excluding carboxylic acids is 2. The lowest BCUT2D eigenvalue weighted by Gasteiger charge is -2.19. The summed E-state index contributed by atoms with van der Waals surface area (Å²) in [5.74, 6) is -0.786. The Morgan fingerprint density at radius 3 is 2.37 bits per heavy atom. The van der Waals surface area contributed by atoms with Crippen molar-refractivity contribution in [3.8, 4) is 0 Å². The van der Waals surface area contributed by atoms with E-state index in [0.717, 1.165) is 20.8 Å². The molecule has 2 amide bonds. The van der Waals surface area contributed by atoms with E-state index in [9.17, 15) is 9.59 Å². The van der Waals surface area contributed by atoms with E-state index in [4.69, 9.17) is 0 Å². The molecule has 0 aliphatic carbocycles. The molecule has 27 heavy (non-hydrogen) atoms. The normalized spacial score (nSPS) is 11.7. The molecule has 0 saturated heterocycles. The van der Waals surface area contributed by atoms with Crippen LogP contribution in [0, 0.1) is 0 Å². The fourth-order valence-electron chi connectivity index (χ4n) is 2.46. The van der Waals surface area contributed by atoms with Crippen molar-refractivity contribution in [1.82, 2.24) is 15.8 Å². The smallest absolute Gasteiger partial charge is 0.268 e. The van der Waals surface area contributed by atoms with Crippen molar-refractivity contribution in [2.45, 2.75) is 26.2 Å². The van der Waals surface area contributed by atoms with E-state index in [0.29, 0.717) is 5.56 Å². The molecule has 0 fully saturated rings. The van der Waals surface area contributed by atoms with Gasteiger partial charge in [-0.15, -0.1) is 11.3 Å². The van der Waals surface area contributed by atoms with Gasteiger partial charge in [-0.1, -0.05) is 45.0 Å². The summed E-state index contributed by atoms with van der Waals surface area (Å²) in [6.45, 7) is 6.33. The molecule has 0 radical (unpaired) electrons. The van der Waals surface area contributed by atoms with Crippen LogP contribution in [0.25, 0.3) is 16.3 Å². The number of hydrogen-bond acceptors (Lipinski definition) is 4. The Morgan fingerprint density at radius 2 is 1.70 bits per heavy atom. The summed E-state index contributed by atoms with van der Waals surface area (Å²) in [5.41, 5.74) is 7.34. The zero-order valence-corrected chi connectivity index (χ0v) is 16.3. The first-order valence-corrected chi connectivity index (χ1v) is 9.39. The molecule has 3 rings (SSSR count). The van der Waals surface area contributed by atoms with E-state index in [1.807, 2.05) is 36.4 Å². The standard InChI is InChI=1S/C21H21N3O2S/c1-21(2,3)15-10-8-14(9-11-15)20(26)24-23-18(25)12-13-19-22-16-6-4-5-7-17(16)27-19/h4-13H,1-3H3,(H,23,25)(H,24,26). The average Bonchev–Trinajstić information content (AvgIpc) is 3.07. The van der Waals surface area contributed by atoms with Gasteiger partial charge in [-0.3, -0.25) is 20.4 Å². The molecule has 0 aliphatic rings. The second kappa shape index (κ2) is 7.72. The third-order valence-corrected chi connectivity index (χ3v) is 5.00. The van der Waals surface area contributed by atoms with E-state index in [-0.39, 0.29) is 11.3 Å². The third kappa shape index (κ3) is 4.80. The van der Waals surface area contributed by atoms with E-state index in [2.05, 4.69) is 36.6 Å². The van der Waals surface area contributed by atoms with Crippen molar-refractivity contribution in [2.24, 2.45) is 0 Å². The molecule has 1 heterocycles. The number of rotatable bonds is 3. The van der Waals surface area contributed by atoms with Crippen molar-refractivity contribution < 1.29 is 9.59 Å². The average molecular weight is 379 g/mol. The van der Waals surface area contributed by atoms with Crippen LogP contribution in [0.5, 0.6) is 0 Å². The molecule has 5 nitrogen and oxygen atoms in total. The molecule has 2 aromatic carbocycles. The molecule has 138 valence electrons. The molecule has 3 aromatic rings. The summed E-state index contributed by atoms with van der Waals surface area (Å²) < 4.78 is 1.06. The van der Waals surface area contributed by atoms with Crippen LogP contribution in [0.2, 0.25) is 0 Å². The van der Waals surface area contributed by atoms with Crippen LogP contribution >= 0.6 is 11.3 Å². The van der Waals surface area contributed by atoms with Crippen LogP contribution in [0.15, 0.2) is 54.6 Å². The zero-order valence-electron chi connectivity index (χ0n) is 15.4. The Kier molecular flexibility index (Phi) is 5.37. The highest BCUT2D eigenvalue weighted by Crippen LogP contribution is 2.23.